The second-order valence-corrected chi connectivity index (χ2v) is 4.84. The molecule has 1 aromatic rings. The maximum Gasteiger partial charge on any atom is 0.503 e. The van der Waals surface area contributed by atoms with Gasteiger partial charge in [0.2, 0.25) is 5.91 Å². The predicted octanol–water partition coefficient (Wildman–Crippen LogP) is 3.03. The standard InChI is InChI=1S/C14H22N2O.2CH2O3/c1-5-16(6-2)10-13(17)15-14-11(3)8-7-9-12(14)4;2*2-1(3)4/h7-9H,5-6,10H2,1-4H3,(H,15,17);2*(H2,2,3,4). The lowest BCUT2D eigenvalue weighted by Gasteiger charge is -2.18. The van der Waals surface area contributed by atoms with Gasteiger partial charge in [-0.15, -0.1) is 0 Å². The Balaban J connectivity index is 0. The lowest BCUT2D eigenvalue weighted by Crippen LogP contribution is -2.33. The molecule has 0 heterocycles. The van der Waals surface area contributed by atoms with Crippen LogP contribution in [0.4, 0.5) is 15.3 Å². The van der Waals surface area contributed by atoms with Crippen LogP contribution in [0, 0.1) is 13.8 Å². The molecular formula is C16H26N2O7. The van der Waals surface area contributed by atoms with Gasteiger partial charge in [0.25, 0.3) is 0 Å². The van der Waals surface area contributed by atoms with Crippen LogP contribution in [0.15, 0.2) is 18.2 Å². The number of carboxylic acid groups (broad SMARTS) is 4. The second-order valence-electron chi connectivity index (χ2n) is 4.84. The number of para-hydroxylation sites is 1. The van der Waals surface area contributed by atoms with E-state index in [0.717, 1.165) is 29.9 Å². The molecule has 142 valence electrons. The Morgan fingerprint density at radius 2 is 1.28 bits per heavy atom. The number of amides is 1. The highest BCUT2D eigenvalue weighted by atomic mass is 16.6. The third kappa shape index (κ3) is 14.5. The topological polar surface area (TPSA) is 147 Å². The molecule has 0 radical (unpaired) electrons. The number of likely N-dealkylation sites (N-methyl/N-ethyl adjacent to an activating group) is 1. The minimum Gasteiger partial charge on any atom is -0.450 e. The van der Waals surface area contributed by atoms with Crippen molar-refractivity contribution in [3.8, 4) is 0 Å². The number of carbonyl (C=O) groups excluding carboxylic acids is 1. The van der Waals surface area contributed by atoms with Crippen molar-refractivity contribution >= 4 is 23.9 Å². The van der Waals surface area contributed by atoms with Gasteiger partial charge in [-0.1, -0.05) is 32.0 Å². The van der Waals surface area contributed by atoms with E-state index < -0.39 is 12.3 Å². The van der Waals surface area contributed by atoms with E-state index in [-0.39, 0.29) is 5.91 Å². The summed E-state index contributed by atoms with van der Waals surface area (Å²) in [5.41, 5.74) is 3.17. The summed E-state index contributed by atoms with van der Waals surface area (Å²) < 4.78 is 0. The van der Waals surface area contributed by atoms with E-state index in [9.17, 15) is 4.79 Å². The molecule has 0 saturated carbocycles. The zero-order chi connectivity index (χ0) is 20.0. The molecule has 0 aliphatic carbocycles. The fourth-order valence-electron chi connectivity index (χ4n) is 1.84. The van der Waals surface area contributed by atoms with Crippen molar-refractivity contribution in [1.29, 1.82) is 0 Å². The van der Waals surface area contributed by atoms with E-state index in [1.165, 1.54) is 0 Å². The molecule has 0 atom stereocenters. The summed E-state index contributed by atoms with van der Waals surface area (Å²) in [5, 5.41) is 30.9. The molecule has 0 bridgehead atoms. The van der Waals surface area contributed by atoms with Crippen molar-refractivity contribution in [3.63, 3.8) is 0 Å². The highest BCUT2D eigenvalue weighted by Crippen LogP contribution is 2.19. The van der Waals surface area contributed by atoms with Crippen LogP contribution in [0.5, 0.6) is 0 Å². The van der Waals surface area contributed by atoms with Crippen molar-refractivity contribution in [1.82, 2.24) is 4.90 Å². The van der Waals surface area contributed by atoms with Crippen molar-refractivity contribution in [2.24, 2.45) is 0 Å². The number of carbonyl (C=O) groups is 3. The van der Waals surface area contributed by atoms with Gasteiger partial charge >= 0.3 is 12.3 Å². The molecule has 1 amide bonds. The smallest absolute Gasteiger partial charge is 0.450 e. The van der Waals surface area contributed by atoms with Crippen LogP contribution >= 0.6 is 0 Å². The first-order valence-electron chi connectivity index (χ1n) is 7.47. The van der Waals surface area contributed by atoms with Gasteiger partial charge in [0.1, 0.15) is 0 Å². The maximum atomic E-state index is 11.9. The van der Waals surface area contributed by atoms with E-state index in [1.54, 1.807) is 0 Å². The van der Waals surface area contributed by atoms with E-state index in [2.05, 4.69) is 24.1 Å². The fraction of sp³-hybridized carbons (Fsp3) is 0.438. The molecule has 0 aromatic heterocycles. The van der Waals surface area contributed by atoms with Crippen LogP contribution in [-0.2, 0) is 4.79 Å². The van der Waals surface area contributed by atoms with Gasteiger partial charge in [0, 0.05) is 5.69 Å². The van der Waals surface area contributed by atoms with E-state index >= 15 is 0 Å². The minimum absolute atomic E-state index is 0.0612. The third-order valence-corrected chi connectivity index (χ3v) is 3.01. The number of nitrogens with zero attached hydrogens (tertiary/aromatic N) is 1. The average Bonchev–Trinajstić information content (AvgIpc) is 2.47. The molecule has 0 fully saturated rings. The van der Waals surface area contributed by atoms with Gasteiger partial charge in [-0.25, -0.2) is 9.59 Å². The maximum absolute atomic E-state index is 11.9. The number of aryl methyl sites for hydroxylation is 2. The Morgan fingerprint density at radius 1 is 0.920 bits per heavy atom. The highest BCUT2D eigenvalue weighted by molar-refractivity contribution is 5.93. The Morgan fingerprint density at radius 3 is 1.60 bits per heavy atom. The van der Waals surface area contributed by atoms with Crippen molar-refractivity contribution in [2.75, 3.05) is 25.0 Å². The SMILES string of the molecule is CCN(CC)CC(=O)Nc1c(C)cccc1C.O=C(O)O.O=C(O)O. The molecule has 9 heteroatoms. The number of benzene rings is 1. The van der Waals surface area contributed by atoms with Gasteiger partial charge in [-0.05, 0) is 38.1 Å². The van der Waals surface area contributed by atoms with Gasteiger partial charge in [-0.2, -0.15) is 0 Å². The molecular weight excluding hydrogens is 332 g/mol. The lowest BCUT2D eigenvalue weighted by molar-refractivity contribution is -0.117. The van der Waals surface area contributed by atoms with Crippen molar-refractivity contribution in [2.45, 2.75) is 27.7 Å². The average molecular weight is 358 g/mol. The summed E-state index contributed by atoms with van der Waals surface area (Å²) in [7, 11) is 0. The van der Waals surface area contributed by atoms with Crippen LogP contribution in [0.1, 0.15) is 25.0 Å². The summed E-state index contributed by atoms with van der Waals surface area (Å²) in [6.45, 7) is 10.4. The normalized spacial score (nSPS) is 9.16. The number of rotatable bonds is 5. The Hall–Kier alpha value is -2.81. The summed E-state index contributed by atoms with van der Waals surface area (Å²) in [5.74, 6) is 0.0612. The molecule has 0 spiro atoms. The second kappa shape index (κ2) is 13.6. The summed E-state index contributed by atoms with van der Waals surface area (Å²) in [6.07, 6.45) is -3.67. The summed E-state index contributed by atoms with van der Waals surface area (Å²) >= 11 is 0. The Kier molecular flexibility index (Phi) is 13.3. The quantitative estimate of drug-likeness (QED) is 0.539. The molecule has 1 aromatic carbocycles. The third-order valence-electron chi connectivity index (χ3n) is 3.01. The zero-order valence-electron chi connectivity index (χ0n) is 14.8. The number of anilines is 1. The summed E-state index contributed by atoms with van der Waals surface area (Å²) in [4.78, 5) is 31.1. The first kappa shape index (κ1) is 24.4. The molecule has 0 aliphatic rings. The van der Waals surface area contributed by atoms with E-state index in [0.29, 0.717) is 6.54 Å². The van der Waals surface area contributed by atoms with Crippen molar-refractivity contribution < 1.29 is 34.8 Å². The van der Waals surface area contributed by atoms with Crippen LogP contribution in [-0.4, -0.2) is 63.2 Å². The fourth-order valence-corrected chi connectivity index (χ4v) is 1.84. The molecule has 0 aliphatic heterocycles. The zero-order valence-corrected chi connectivity index (χ0v) is 14.8. The lowest BCUT2D eigenvalue weighted by atomic mass is 10.1. The van der Waals surface area contributed by atoms with Crippen LogP contribution < -0.4 is 5.32 Å². The predicted molar refractivity (Wildman–Crippen MR) is 93.6 cm³/mol. The van der Waals surface area contributed by atoms with Crippen molar-refractivity contribution in [3.05, 3.63) is 29.3 Å². The van der Waals surface area contributed by atoms with Crippen LogP contribution in [0.25, 0.3) is 0 Å². The first-order chi connectivity index (χ1) is 11.5. The van der Waals surface area contributed by atoms with E-state index in [1.807, 2.05) is 32.0 Å². The van der Waals surface area contributed by atoms with Gasteiger partial charge in [-0.3, -0.25) is 9.69 Å². The van der Waals surface area contributed by atoms with Crippen LogP contribution in [0.3, 0.4) is 0 Å². The van der Waals surface area contributed by atoms with E-state index in [4.69, 9.17) is 30.0 Å². The minimum atomic E-state index is -1.83. The first-order valence-corrected chi connectivity index (χ1v) is 7.47. The number of hydrogen-bond acceptors (Lipinski definition) is 4. The molecule has 5 N–H and O–H groups in total. The number of hydrogen-bond donors (Lipinski definition) is 5. The highest BCUT2D eigenvalue weighted by Gasteiger charge is 2.09. The molecule has 25 heavy (non-hydrogen) atoms. The summed E-state index contributed by atoms with van der Waals surface area (Å²) in [6, 6.07) is 6.03. The molecule has 9 nitrogen and oxygen atoms in total. The monoisotopic (exact) mass is 358 g/mol. The van der Waals surface area contributed by atoms with Crippen LogP contribution in [0.2, 0.25) is 0 Å². The molecule has 0 saturated heterocycles. The molecule has 1 rings (SSSR count). The largest absolute Gasteiger partial charge is 0.503 e. The number of nitrogens with one attached hydrogen (secondary N) is 1. The Bertz CT molecular complexity index is 517. The van der Waals surface area contributed by atoms with Gasteiger partial charge in [0.05, 0.1) is 6.54 Å². The Labute approximate surface area is 146 Å². The van der Waals surface area contributed by atoms with Gasteiger partial charge in [0.15, 0.2) is 0 Å². The molecule has 0 unspecified atom stereocenters. The van der Waals surface area contributed by atoms with Gasteiger partial charge < -0.3 is 25.7 Å².